The number of nitro groups is 1. The molecular formula is C9H4ClN5O2. The molecule has 0 saturated heterocycles. The molecule has 2 heterocycles. The summed E-state index contributed by atoms with van der Waals surface area (Å²) in [5.74, 6) is 0.235. The average molecular weight is 250 g/mol. The van der Waals surface area contributed by atoms with Gasteiger partial charge in [0.1, 0.15) is 12.3 Å². The first-order valence-electron chi connectivity index (χ1n) is 4.37. The van der Waals surface area contributed by atoms with Gasteiger partial charge in [-0.3, -0.25) is 10.1 Å². The largest absolute Gasteiger partial charge is 0.289 e. The summed E-state index contributed by atoms with van der Waals surface area (Å²) >= 11 is 5.85. The van der Waals surface area contributed by atoms with Crippen molar-refractivity contribution in [2.75, 3.05) is 0 Å². The molecule has 0 aliphatic heterocycles. The highest BCUT2D eigenvalue weighted by molar-refractivity contribution is 6.32. The van der Waals surface area contributed by atoms with Gasteiger partial charge < -0.3 is 0 Å². The zero-order valence-electron chi connectivity index (χ0n) is 8.24. The van der Waals surface area contributed by atoms with E-state index in [0.717, 1.165) is 6.20 Å². The summed E-state index contributed by atoms with van der Waals surface area (Å²) in [6.07, 6.45) is 3.86. The normalized spacial score (nSPS) is 9.88. The maximum absolute atomic E-state index is 10.5. The van der Waals surface area contributed by atoms with Gasteiger partial charge in [0, 0.05) is 6.07 Å². The summed E-state index contributed by atoms with van der Waals surface area (Å²) < 4.78 is 1.28. The maximum Gasteiger partial charge on any atom is 0.289 e. The molecule has 0 bridgehead atoms. The van der Waals surface area contributed by atoms with Crippen LogP contribution in [0.5, 0.6) is 0 Å². The Morgan fingerprint density at radius 1 is 1.53 bits per heavy atom. The van der Waals surface area contributed by atoms with Gasteiger partial charge in [-0.05, 0) is 0 Å². The van der Waals surface area contributed by atoms with Crippen molar-refractivity contribution in [1.82, 2.24) is 14.8 Å². The average Bonchev–Trinajstić information content (AvgIpc) is 2.77. The fourth-order valence-electron chi connectivity index (χ4n) is 1.19. The van der Waals surface area contributed by atoms with Crippen molar-refractivity contribution in [3.05, 3.63) is 45.4 Å². The van der Waals surface area contributed by atoms with E-state index >= 15 is 0 Å². The highest BCUT2D eigenvalue weighted by Crippen LogP contribution is 2.22. The zero-order valence-corrected chi connectivity index (χ0v) is 9.00. The molecule has 2 rings (SSSR count). The predicted molar refractivity (Wildman–Crippen MR) is 57.7 cm³/mol. The third kappa shape index (κ3) is 2.07. The molecule has 0 amide bonds. The number of halogens is 1. The molecule has 0 aromatic carbocycles. The number of hydrogen-bond donors (Lipinski definition) is 0. The van der Waals surface area contributed by atoms with Gasteiger partial charge in [-0.1, -0.05) is 11.6 Å². The summed E-state index contributed by atoms with van der Waals surface area (Å²) in [5.41, 5.74) is 0.146. The number of pyridine rings is 1. The third-order valence-corrected chi connectivity index (χ3v) is 2.22. The van der Waals surface area contributed by atoms with Gasteiger partial charge >= 0.3 is 0 Å². The van der Waals surface area contributed by atoms with Crippen molar-refractivity contribution >= 4 is 17.3 Å². The second kappa shape index (κ2) is 4.19. The molecule has 0 aliphatic rings. The molecule has 8 heteroatoms. The molecule has 0 radical (unpaired) electrons. The summed E-state index contributed by atoms with van der Waals surface area (Å²) in [6, 6.07) is 3.08. The lowest BCUT2D eigenvalue weighted by molar-refractivity contribution is -0.385. The first-order valence-corrected chi connectivity index (χ1v) is 4.74. The second-order valence-electron chi connectivity index (χ2n) is 3.04. The van der Waals surface area contributed by atoms with E-state index in [0.29, 0.717) is 5.56 Å². The van der Waals surface area contributed by atoms with E-state index in [4.69, 9.17) is 16.9 Å². The Morgan fingerprint density at radius 3 is 2.82 bits per heavy atom. The zero-order chi connectivity index (χ0) is 12.4. The van der Waals surface area contributed by atoms with E-state index in [9.17, 15) is 10.1 Å². The van der Waals surface area contributed by atoms with Gasteiger partial charge in [-0.25, -0.2) is 9.67 Å². The van der Waals surface area contributed by atoms with Gasteiger partial charge in [0.15, 0.2) is 5.82 Å². The molecule has 0 aliphatic carbocycles. The lowest BCUT2D eigenvalue weighted by atomic mass is 10.4. The van der Waals surface area contributed by atoms with Crippen molar-refractivity contribution < 1.29 is 4.92 Å². The van der Waals surface area contributed by atoms with Crippen molar-refractivity contribution in [3.63, 3.8) is 0 Å². The first-order chi connectivity index (χ1) is 8.11. The van der Waals surface area contributed by atoms with Gasteiger partial charge in [0.2, 0.25) is 0 Å². The standard InChI is InChI=1S/C9H4ClN5O2/c10-8-1-7(15(16)17)4-12-9(8)14-5-6(2-11)3-13-14/h1,3-5H. The summed E-state index contributed by atoms with van der Waals surface area (Å²) in [5, 5.41) is 23.1. The minimum atomic E-state index is -0.591. The minimum absolute atomic E-state index is 0.0896. The van der Waals surface area contributed by atoms with Gasteiger partial charge in [-0.15, -0.1) is 0 Å². The lowest BCUT2D eigenvalue weighted by Crippen LogP contribution is -2.00. The Kier molecular flexibility index (Phi) is 2.72. The number of hydrogen-bond acceptors (Lipinski definition) is 5. The van der Waals surface area contributed by atoms with E-state index in [1.165, 1.54) is 23.1 Å². The van der Waals surface area contributed by atoms with Crippen LogP contribution in [0.4, 0.5) is 5.69 Å². The van der Waals surface area contributed by atoms with Crippen LogP contribution in [0.3, 0.4) is 0 Å². The molecule has 0 atom stereocenters. The molecule has 2 aromatic rings. The van der Waals surface area contributed by atoms with Crippen molar-refractivity contribution in [2.45, 2.75) is 0 Å². The van der Waals surface area contributed by atoms with Crippen LogP contribution in [-0.4, -0.2) is 19.7 Å². The Morgan fingerprint density at radius 2 is 2.29 bits per heavy atom. The number of rotatable bonds is 2. The summed E-state index contributed by atoms with van der Waals surface area (Å²) in [7, 11) is 0. The van der Waals surface area contributed by atoms with E-state index in [1.807, 2.05) is 6.07 Å². The fraction of sp³-hybridized carbons (Fsp3) is 0. The molecule has 17 heavy (non-hydrogen) atoms. The van der Waals surface area contributed by atoms with Crippen LogP contribution >= 0.6 is 11.6 Å². The number of nitriles is 1. The molecule has 0 spiro atoms. The van der Waals surface area contributed by atoms with Gasteiger partial charge in [0.05, 0.1) is 27.9 Å². The third-order valence-electron chi connectivity index (χ3n) is 1.95. The lowest BCUT2D eigenvalue weighted by Gasteiger charge is -2.01. The van der Waals surface area contributed by atoms with E-state index in [1.54, 1.807) is 0 Å². The molecule has 0 fully saturated rings. The van der Waals surface area contributed by atoms with Crippen LogP contribution in [-0.2, 0) is 0 Å². The van der Waals surface area contributed by atoms with Crippen molar-refractivity contribution in [2.24, 2.45) is 0 Å². The quantitative estimate of drug-likeness (QED) is 0.596. The van der Waals surface area contributed by atoms with Crippen LogP contribution in [0.1, 0.15) is 5.56 Å². The fourth-order valence-corrected chi connectivity index (χ4v) is 1.43. The van der Waals surface area contributed by atoms with E-state index in [-0.39, 0.29) is 16.5 Å². The molecule has 0 N–H and O–H groups in total. The monoisotopic (exact) mass is 249 g/mol. The topological polar surface area (TPSA) is 97.6 Å². The molecule has 84 valence electrons. The summed E-state index contributed by atoms with van der Waals surface area (Å²) in [4.78, 5) is 13.7. The summed E-state index contributed by atoms with van der Waals surface area (Å²) in [6.45, 7) is 0. The molecular weight excluding hydrogens is 246 g/mol. The Labute approximate surface area is 100 Å². The number of aromatic nitrogens is 3. The van der Waals surface area contributed by atoms with Crippen LogP contribution in [0, 0.1) is 21.4 Å². The number of nitrogens with zero attached hydrogens (tertiary/aromatic N) is 5. The van der Waals surface area contributed by atoms with Gasteiger partial charge in [-0.2, -0.15) is 10.4 Å². The molecule has 0 saturated carbocycles. The second-order valence-corrected chi connectivity index (χ2v) is 3.45. The SMILES string of the molecule is N#Cc1cnn(-c2ncc([N+](=O)[O-])cc2Cl)c1. The van der Waals surface area contributed by atoms with Crippen LogP contribution in [0.15, 0.2) is 24.7 Å². The molecule has 0 unspecified atom stereocenters. The van der Waals surface area contributed by atoms with Crippen molar-refractivity contribution in [1.29, 1.82) is 5.26 Å². The maximum atomic E-state index is 10.5. The van der Waals surface area contributed by atoms with Crippen molar-refractivity contribution in [3.8, 4) is 11.9 Å². The predicted octanol–water partition coefficient (Wildman–Crippen LogP) is 1.70. The van der Waals surface area contributed by atoms with E-state index in [2.05, 4.69) is 10.1 Å². The van der Waals surface area contributed by atoms with E-state index < -0.39 is 4.92 Å². The van der Waals surface area contributed by atoms with Crippen LogP contribution in [0.25, 0.3) is 5.82 Å². The smallest absolute Gasteiger partial charge is 0.258 e. The molecule has 7 nitrogen and oxygen atoms in total. The highest BCUT2D eigenvalue weighted by Gasteiger charge is 2.12. The minimum Gasteiger partial charge on any atom is -0.258 e. The molecule has 2 aromatic heterocycles. The van der Waals surface area contributed by atoms with Crippen LogP contribution in [0.2, 0.25) is 5.02 Å². The van der Waals surface area contributed by atoms with Crippen LogP contribution < -0.4 is 0 Å². The first kappa shape index (κ1) is 11.0. The highest BCUT2D eigenvalue weighted by atomic mass is 35.5. The Hall–Kier alpha value is -2.46. The van der Waals surface area contributed by atoms with Gasteiger partial charge in [0.25, 0.3) is 5.69 Å². The Bertz CT molecular complexity index is 631. The Balaban J connectivity index is 2.47.